The van der Waals surface area contributed by atoms with Crippen LogP contribution >= 0.6 is 0 Å². The van der Waals surface area contributed by atoms with Crippen molar-refractivity contribution in [3.63, 3.8) is 0 Å². The second-order valence-electron chi connectivity index (χ2n) is 6.77. The Morgan fingerprint density at radius 3 is 2.65 bits per heavy atom. The van der Waals surface area contributed by atoms with Gasteiger partial charge in [0, 0.05) is 25.7 Å². The van der Waals surface area contributed by atoms with Crippen molar-refractivity contribution in [2.24, 2.45) is 0 Å². The molecule has 2 aliphatic rings. The highest BCUT2D eigenvalue weighted by molar-refractivity contribution is 5.82. The van der Waals surface area contributed by atoms with Crippen LogP contribution in [0.4, 0.5) is 0 Å². The van der Waals surface area contributed by atoms with E-state index in [1.165, 1.54) is 12.0 Å². The Morgan fingerprint density at radius 1 is 1.26 bits per heavy atom. The summed E-state index contributed by atoms with van der Waals surface area (Å²) in [5.41, 5.74) is 1.21. The number of nitrogens with zero attached hydrogens (tertiary/aromatic N) is 1. The fourth-order valence-corrected chi connectivity index (χ4v) is 3.61. The van der Waals surface area contributed by atoms with Crippen LogP contribution in [0, 0.1) is 0 Å². The summed E-state index contributed by atoms with van der Waals surface area (Å²) >= 11 is 0. The van der Waals surface area contributed by atoms with Crippen LogP contribution in [0.3, 0.4) is 0 Å². The maximum absolute atomic E-state index is 13.0. The molecule has 0 saturated carbocycles. The zero-order valence-electron chi connectivity index (χ0n) is 14.0. The number of benzene rings is 1. The van der Waals surface area contributed by atoms with E-state index in [2.05, 4.69) is 24.4 Å². The topological polar surface area (TPSA) is 41.6 Å². The zero-order chi connectivity index (χ0) is 16.1. The van der Waals surface area contributed by atoms with Gasteiger partial charge in [-0.15, -0.1) is 0 Å². The van der Waals surface area contributed by atoms with Gasteiger partial charge in [0.15, 0.2) is 0 Å². The third-order valence-electron chi connectivity index (χ3n) is 5.04. The Hall–Kier alpha value is -1.39. The number of hydrogen-bond acceptors (Lipinski definition) is 3. The van der Waals surface area contributed by atoms with Crippen molar-refractivity contribution < 1.29 is 9.53 Å². The summed E-state index contributed by atoms with van der Waals surface area (Å²) in [5, 5.41) is 3.60. The normalized spacial score (nSPS) is 26.2. The summed E-state index contributed by atoms with van der Waals surface area (Å²) in [6.45, 7) is 4.69. The van der Waals surface area contributed by atoms with Crippen molar-refractivity contribution in [1.82, 2.24) is 10.2 Å². The smallest absolute Gasteiger partial charge is 0.240 e. The molecule has 2 aliphatic heterocycles. The van der Waals surface area contributed by atoms with E-state index in [1.807, 2.05) is 23.1 Å². The van der Waals surface area contributed by atoms with Gasteiger partial charge in [-0.3, -0.25) is 4.79 Å². The van der Waals surface area contributed by atoms with Gasteiger partial charge in [0.25, 0.3) is 0 Å². The predicted molar refractivity (Wildman–Crippen MR) is 91.3 cm³/mol. The predicted octanol–water partition coefficient (Wildman–Crippen LogP) is 2.38. The lowest BCUT2D eigenvalue weighted by Gasteiger charge is -2.32. The molecule has 2 saturated heterocycles. The minimum atomic E-state index is -0.148. The van der Waals surface area contributed by atoms with Crippen LogP contribution < -0.4 is 5.32 Å². The van der Waals surface area contributed by atoms with Crippen molar-refractivity contribution in [3.05, 3.63) is 35.9 Å². The Bertz CT molecular complexity index is 499. The van der Waals surface area contributed by atoms with E-state index in [1.54, 1.807) is 0 Å². The monoisotopic (exact) mass is 316 g/mol. The molecule has 2 heterocycles. The van der Waals surface area contributed by atoms with Gasteiger partial charge in [-0.2, -0.15) is 0 Å². The molecule has 1 aromatic carbocycles. The van der Waals surface area contributed by atoms with Gasteiger partial charge < -0.3 is 15.0 Å². The van der Waals surface area contributed by atoms with E-state index < -0.39 is 0 Å². The minimum Gasteiger partial charge on any atom is -0.377 e. The molecule has 3 atom stereocenters. The molecule has 4 nitrogen and oxygen atoms in total. The fraction of sp³-hybridized carbons (Fsp3) is 0.632. The Labute approximate surface area is 139 Å². The van der Waals surface area contributed by atoms with Gasteiger partial charge >= 0.3 is 0 Å². The van der Waals surface area contributed by atoms with Crippen LogP contribution in [0.1, 0.15) is 38.2 Å². The molecule has 126 valence electrons. The van der Waals surface area contributed by atoms with Crippen molar-refractivity contribution in [3.8, 4) is 0 Å². The number of amides is 1. The maximum Gasteiger partial charge on any atom is 0.240 e. The zero-order valence-corrected chi connectivity index (χ0v) is 14.0. The molecular weight excluding hydrogens is 288 g/mol. The molecule has 0 aromatic heterocycles. The standard InChI is InChI=1S/C19H28N2O2/c1-15-17(10-13-23-15)20-18(14-16-8-4-2-5-9-16)19(22)21-11-6-3-7-12-21/h2,4-5,8-9,15,17-18,20H,3,6-7,10-14H2,1H3/t15-,17-,18+/m0/s1. The van der Waals surface area contributed by atoms with E-state index in [0.717, 1.165) is 45.4 Å². The summed E-state index contributed by atoms with van der Waals surface area (Å²) in [5.74, 6) is 0.257. The van der Waals surface area contributed by atoms with Crippen molar-refractivity contribution in [1.29, 1.82) is 0 Å². The molecule has 23 heavy (non-hydrogen) atoms. The fourth-order valence-electron chi connectivity index (χ4n) is 3.61. The molecule has 4 heteroatoms. The number of piperidine rings is 1. The molecule has 0 bridgehead atoms. The first kappa shape index (κ1) is 16.5. The molecule has 1 amide bonds. The lowest BCUT2D eigenvalue weighted by molar-refractivity contribution is -0.134. The quantitative estimate of drug-likeness (QED) is 0.907. The molecule has 0 aliphatic carbocycles. The molecule has 2 fully saturated rings. The first-order valence-corrected chi connectivity index (χ1v) is 8.94. The number of ether oxygens (including phenoxy) is 1. The van der Waals surface area contributed by atoms with Crippen LogP contribution in [-0.4, -0.2) is 48.7 Å². The van der Waals surface area contributed by atoms with Crippen LogP contribution in [0.5, 0.6) is 0 Å². The van der Waals surface area contributed by atoms with Gasteiger partial charge in [0.1, 0.15) is 0 Å². The molecule has 3 rings (SSSR count). The number of hydrogen-bond donors (Lipinski definition) is 1. The third kappa shape index (κ3) is 4.33. The second kappa shape index (κ2) is 7.93. The van der Waals surface area contributed by atoms with E-state index in [9.17, 15) is 4.79 Å². The Kier molecular flexibility index (Phi) is 5.68. The first-order chi connectivity index (χ1) is 11.2. The second-order valence-corrected chi connectivity index (χ2v) is 6.77. The van der Waals surface area contributed by atoms with Gasteiger partial charge in [0.05, 0.1) is 12.1 Å². The molecule has 1 aromatic rings. The summed E-state index contributed by atoms with van der Waals surface area (Å²) in [6, 6.07) is 10.4. The lowest BCUT2D eigenvalue weighted by Crippen LogP contribution is -2.53. The van der Waals surface area contributed by atoms with Gasteiger partial charge in [-0.25, -0.2) is 0 Å². The van der Waals surface area contributed by atoms with E-state index in [0.29, 0.717) is 0 Å². The van der Waals surface area contributed by atoms with E-state index >= 15 is 0 Å². The number of carbonyl (C=O) groups is 1. The van der Waals surface area contributed by atoms with Crippen LogP contribution in [0.25, 0.3) is 0 Å². The molecular formula is C19H28N2O2. The van der Waals surface area contributed by atoms with Crippen molar-refractivity contribution >= 4 is 5.91 Å². The summed E-state index contributed by atoms with van der Waals surface area (Å²) in [6.07, 6.45) is 5.43. The van der Waals surface area contributed by atoms with Gasteiger partial charge in [-0.05, 0) is 44.6 Å². The summed E-state index contributed by atoms with van der Waals surface area (Å²) < 4.78 is 5.65. The van der Waals surface area contributed by atoms with E-state index in [-0.39, 0.29) is 24.1 Å². The average Bonchev–Trinajstić information content (AvgIpc) is 3.00. The highest BCUT2D eigenvalue weighted by Gasteiger charge is 2.31. The minimum absolute atomic E-state index is 0.148. The average molecular weight is 316 g/mol. The number of likely N-dealkylation sites (tertiary alicyclic amines) is 1. The molecule has 0 unspecified atom stereocenters. The van der Waals surface area contributed by atoms with Gasteiger partial charge in [0.2, 0.25) is 5.91 Å². The third-order valence-corrected chi connectivity index (χ3v) is 5.04. The first-order valence-electron chi connectivity index (χ1n) is 8.94. The number of nitrogens with one attached hydrogen (secondary N) is 1. The van der Waals surface area contributed by atoms with E-state index in [4.69, 9.17) is 4.74 Å². The number of rotatable bonds is 5. The van der Waals surface area contributed by atoms with Crippen LogP contribution in [-0.2, 0) is 16.0 Å². The summed E-state index contributed by atoms with van der Waals surface area (Å²) in [4.78, 5) is 15.1. The van der Waals surface area contributed by atoms with Crippen LogP contribution in [0.15, 0.2) is 30.3 Å². The van der Waals surface area contributed by atoms with Crippen LogP contribution in [0.2, 0.25) is 0 Å². The lowest BCUT2D eigenvalue weighted by atomic mass is 10.0. The molecule has 0 radical (unpaired) electrons. The summed E-state index contributed by atoms with van der Waals surface area (Å²) in [7, 11) is 0. The largest absolute Gasteiger partial charge is 0.377 e. The highest BCUT2D eigenvalue weighted by atomic mass is 16.5. The van der Waals surface area contributed by atoms with Crippen molar-refractivity contribution in [2.45, 2.75) is 57.2 Å². The maximum atomic E-state index is 13.0. The van der Waals surface area contributed by atoms with Gasteiger partial charge in [-0.1, -0.05) is 30.3 Å². The SMILES string of the molecule is C[C@@H]1OCC[C@@H]1N[C@H](Cc1ccccc1)C(=O)N1CCCCC1. The highest BCUT2D eigenvalue weighted by Crippen LogP contribution is 2.17. The number of carbonyl (C=O) groups excluding carboxylic acids is 1. The van der Waals surface area contributed by atoms with Crippen molar-refractivity contribution in [2.75, 3.05) is 19.7 Å². The molecule has 1 N–H and O–H groups in total. The molecule has 0 spiro atoms. The Morgan fingerprint density at radius 2 is 2.00 bits per heavy atom. The Balaban J connectivity index is 1.70.